The molecule has 2 aromatic rings. The van der Waals surface area contributed by atoms with E-state index in [4.69, 9.17) is 21.7 Å². The topological polar surface area (TPSA) is 59.6 Å². The number of benzene rings is 2. The van der Waals surface area contributed by atoms with Crippen LogP contribution in [0.1, 0.15) is 18.5 Å². The van der Waals surface area contributed by atoms with Crippen molar-refractivity contribution < 1.29 is 14.3 Å². The van der Waals surface area contributed by atoms with E-state index >= 15 is 0 Å². The zero-order valence-electron chi connectivity index (χ0n) is 14.7. The van der Waals surface area contributed by atoms with Gasteiger partial charge in [0, 0.05) is 5.70 Å². The summed E-state index contributed by atoms with van der Waals surface area (Å²) in [6, 6.07) is 11.5. The highest BCUT2D eigenvalue weighted by Gasteiger charge is 2.30. The number of esters is 1. The van der Waals surface area contributed by atoms with Gasteiger partial charge in [0.05, 0.1) is 18.7 Å². The van der Waals surface area contributed by atoms with Crippen molar-refractivity contribution in [3.8, 4) is 5.75 Å². The van der Waals surface area contributed by atoms with Gasteiger partial charge in [-0.15, -0.1) is 0 Å². The third-order valence-corrected chi connectivity index (χ3v) is 4.45. The number of carbonyl (C=O) groups is 1. The van der Waals surface area contributed by atoms with Gasteiger partial charge in [-0.25, -0.2) is 4.79 Å². The van der Waals surface area contributed by atoms with Crippen molar-refractivity contribution in [3.05, 3.63) is 65.9 Å². The number of carbonyl (C=O) groups excluding carboxylic acids is 1. The molecular formula is C20H20N2O3S. The zero-order chi connectivity index (χ0) is 18.7. The lowest BCUT2D eigenvalue weighted by Crippen LogP contribution is -2.45. The minimum atomic E-state index is -0.398. The van der Waals surface area contributed by atoms with Gasteiger partial charge in [-0.1, -0.05) is 30.9 Å². The van der Waals surface area contributed by atoms with Crippen LogP contribution in [-0.2, 0) is 9.53 Å². The van der Waals surface area contributed by atoms with E-state index in [9.17, 15) is 4.79 Å². The lowest BCUT2D eigenvalue weighted by Gasteiger charge is -2.30. The van der Waals surface area contributed by atoms with Crippen molar-refractivity contribution in [2.24, 2.45) is 0 Å². The minimum absolute atomic E-state index is 0.157. The number of hydrogen-bond acceptors (Lipinski definition) is 4. The maximum atomic E-state index is 12.5. The molecule has 0 aromatic heterocycles. The Hall–Kier alpha value is -2.86. The maximum Gasteiger partial charge on any atom is 0.338 e. The van der Waals surface area contributed by atoms with E-state index in [0.29, 0.717) is 16.4 Å². The molecule has 0 radical (unpaired) electrons. The number of rotatable bonds is 5. The summed E-state index contributed by atoms with van der Waals surface area (Å²) in [5.41, 5.74) is 2.12. The van der Waals surface area contributed by atoms with E-state index in [1.165, 1.54) is 0 Å². The quantitative estimate of drug-likeness (QED) is 0.479. The van der Waals surface area contributed by atoms with Crippen LogP contribution in [0.3, 0.4) is 0 Å². The third-order valence-electron chi connectivity index (χ3n) is 4.23. The van der Waals surface area contributed by atoms with Gasteiger partial charge in [0.15, 0.2) is 5.11 Å². The van der Waals surface area contributed by atoms with Crippen LogP contribution in [0.4, 0.5) is 0 Å². The fraction of sp³-hybridized carbons (Fsp3) is 0.200. The predicted molar refractivity (Wildman–Crippen MR) is 106 cm³/mol. The number of methoxy groups -OCH3 is 1. The molecule has 1 atom stereocenters. The molecule has 0 bridgehead atoms. The van der Waals surface area contributed by atoms with Gasteiger partial charge in [-0.2, -0.15) is 0 Å². The van der Waals surface area contributed by atoms with Crippen molar-refractivity contribution in [2.75, 3.05) is 13.7 Å². The van der Waals surface area contributed by atoms with Crippen LogP contribution in [0.25, 0.3) is 10.8 Å². The van der Waals surface area contributed by atoms with Crippen LogP contribution in [-0.4, -0.2) is 24.8 Å². The molecule has 1 aliphatic heterocycles. The molecule has 0 unspecified atom stereocenters. The largest absolute Gasteiger partial charge is 0.497 e. The normalized spacial score (nSPS) is 16.7. The molecule has 1 aliphatic rings. The van der Waals surface area contributed by atoms with Crippen molar-refractivity contribution in [1.82, 2.24) is 10.6 Å². The van der Waals surface area contributed by atoms with Crippen LogP contribution in [0, 0.1) is 0 Å². The molecule has 3 rings (SSSR count). The number of hydrogen-bond donors (Lipinski definition) is 2. The molecule has 6 heteroatoms. The summed E-state index contributed by atoms with van der Waals surface area (Å²) in [7, 11) is 1.64. The van der Waals surface area contributed by atoms with E-state index in [0.717, 1.165) is 22.1 Å². The van der Waals surface area contributed by atoms with Crippen LogP contribution >= 0.6 is 12.2 Å². The molecule has 0 fully saturated rings. The van der Waals surface area contributed by atoms with Crippen molar-refractivity contribution in [1.29, 1.82) is 0 Å². The van der Waals surface area contributed by atoms with Gasteiger partial charge < -0.3 is 20.1 Å². The smallest absolute Gasteiger partial charge is 0.338 e. The Morgan fingerprint density at radius 2 is 2.00 bits per heavy atom. The Labute approximate surface area is 157 Å². The first-order valence-electron chi connectivity index (χ1n) is 8.17. The highest BCUT2D eigenvalue weighted by molar-refractivity contribution is 7.80. The first-order chi connectivity index (χ1) is 12.5. The van der Waals surface area contributed by atoms with Gasteiger partial charge in [-0.05, 0) is 53.7 Å². The van der Waals surface area contributed by atoms with E-state index in [1.54, 1.807) is 13.2 Å². The molecule has 0 saturated heterocycles. The molecular weight excluding hydrogens is 348 g/mol. The predicted octanol–water partition coefficient (Wildman–Crippen LogP) is 3.37. The van der Waals surface area contributed by atoms with Crippen molar-refractivity contribution >= 4 is 34.1 Å². The van der Waals surface area contributed by atoms with Gasteiger partial charge in [0.2, 0.25) is 0 Å². The van der Waals surface area contributed by atoms with E-state index in [2.05, 4.69) is 17.2 Å². The second-order valence-electron chi connectivity index (χ2n) is 5.93. The average Bonchev–Trinajstić information content (AvgIpc) is 2.64. The lowest BCUT2D eigenvalue weighted by atomic mass is 9.94. The van der Waals surface area contributed by atoms with Gasteiger partial charge in [0.1, 0.15) is 12.4 Å². The number of ether oxygens (including phenoxy) is 2. The monoisotopic (exact) mass is 368 g/mol. The first kappa shape index (κ1) is 17.9. The number of nitrogens with one attached hydrogen (secondary N) is 2. The highest BCUT2D eigenvalue weighted by atomic mass is 32.1. The SMILES string of the molecule is C=CCOC(=O)C1=C(C)NC(=S)N[C@@H]1c1ccc2cc(OC)ccc2c1. The van der Waals surface area contributed by atoms with Gasteiger partial charge in [-0.3, -0.25) is 0 Å². The van der Waals surface area contributed by atoms with Crippen LogP contribution in [0.5, 0.6) is 5.75 Å². The second kappa shape index (κ2) is 7.58. The Morgan fingerprint density at radius 1 is 1.27 bits per heavy atom. The minimum Gasteiger partial charge on any atom is -0.497 e. The van der Waals surface area contributed by atoms with Crippen LogP contribution in [0.15, 0.2) is 60.3 Å². The first-order valence-corrected chi connectivity index (χ1v) is 8.58. The molecule has 2 N–H and O–H groups in total. The Balaban J connectivity index is 2.02. The summed E-state index contributed by atoms with van der Waals surface area (Å²) in [5.74, 6) is 0.403. The van der Waals surface area contributed by atoms with Crippen LogP contribution in [0.2, 0.25) is 0 Å². The standard InChI is InChI=1S/C20H20N2O3S/c1-4-9-25-19(23)17-12(2)21-20(26)22-18(17)15-6-5-14-11-16(24-3)8-7-13(14)10-15/h4-8,10-11,18H,1,9H2,2-3H3,(H2,21,22,26)/t18-/m1/s1. The molecule has 134 valence electrons. The summed E-state index contributed by atoms with van der Waals surface area (Å²) in [5, 5.41) is 8.74. The molecule has 1 heterocycles. The zero-order valence-corrected chi connectivity index (χ0v) is 15.5. The summed E-state index contributed by atoms with van der Waals surface area (Å²) in [6.45, 7) is 5.55. The summed E-state index contributed by atoms with van der Waals surface area (Å²) < 4.78 is 10.5. The number of allylic oxidation sites excluding steroid dienone is 1. The Morgan fingerprint density at radius 3 is 2.73 bits per heavy atom. The lowest BCUT2D eigenvalue weighted by molar-refractivity contribution is -0.138. The van der Waals surface area contributed by atoms with E-state index < -0.39 is 5.97 Å². The molecule has 26 heavy (non-hydrogen) atoms. The summed E-state index contributed by atoms with van der Waals surface area (Å²) >= 11 is 5.27. The second-order valence-corrected chi connectivity index (χ2v) is 6.34. The molecule has 0 spiro atoms. The Bertz CT molecular complexity index is 920. The van der Waals surface area contributed by atoms with Gasteiger partial charge >= 0.3 is 5.97 Å². The average molecular weight is 368 g/mol. The third kappa shape index (κ3) is 3.55. The highest BCUT2D eigenvalue weighted by Crippen LogP contribution is 2.30. The number of thiocarbonyl (C=S) groups is 1. The molecule has 2 aromatic carbocycles. The molecule has 5 nitrogen and oxygen atoms in total. The molecule has 0 saturated carbocycles. The fourth-order valence-corrected chi connectivity index (χ4v) is 3.25. The summed E-state index contributed by atoms with van der Waals surface area (Å²) in [4.78, 5) is 12.5. The van der Waals surface area contributed by atoms with Gasteiger partial charge in [0.25, 0.3) is 0 Å². The summed E-state index contributed by atoms with van der Waals surface area (Å²) in [6.07, 6.45) is 1.54. The Kier molecular flexibility index (Phi) is 5.23. The van der Waals surface area contributed by atoms with Crippen molar-refractivity contribution in [2.45, 2.75) is 13.0 Å². The van der Waals surface area contributed by atoms with E-state index in [1.807, 2.05) is 43.3 Å². The fourth-order valence-electron chi connectivity index (χ4n) is 2.98. The molecule has 0 amide bonds. The van der Waals surface area contributed by atoms with Crippen molar-refractivity contribution in [3.63, 3.8) is 0 Å². The van der Waals surface area contributed by atoms with Crippen LogP contribution < -0.4 is 15.4 Å². The maximum absolute atomic E-state index is 12.5. The number of fused-ring (bicyclic) bond motifs is 1. The molecule has 0 aliphatic carbocycles. The van der Waals surface area contributed by atoms with E-state index in [-0.39, 0.29) is 12.6 Å².